The lowest BCUT2D eigenvalue weighted by molar-refractivity contribution is -0.384. The van der Waals surface area contributed by atoms with Crippen molar-refractivity contribution in [2.24, 2.45) is 0 Å². The highest BCUT2D eigenvalue weighted by atomic mass is 16.6. The van der Waals surface area contributed by atoms with Gasteiger partial charge in [0.25, 0.3) is 5.69 Å². The van der Waals surface area contributed by atoms with E-state index in [9.17, 15) is 14.9 Å². The van der Waals surface area contributed by atoms with E-state index in [4.69, 9.17) is 0 Å². The van der Waals surface area contributed by atoms with Crippen molar-refractivity contribution < 1.29 is 9.72 Å². The summed E-state index contributed by atoms with van der Waals surface area (Å²) in [5.74, 6) is -0.0503. The Morgan fingerprint density at radius 2 is 1.37 bits per heavy atom. The summed E-state index contributed by atoms with van der Waals surface area (Å²) in [6, 6.07) is 22.1. The van der Waals surface area contributed by atoms with Crippen molar-refractivity contribution in [2.45, 2.75) is 19.3 Å². The Hall–Kier alpha value is -3.47. The van der Waals surface area contributed by atoms with Crippen molar-refractivity contribution in [1.82, 2.24) is 0 Å². The Labute approximate surface area is 157 Å². The van der Waals surface area contributed by atoms with Crippen LogP contribution in [0.25, 0.3) is 0 Å². The van der Waals surface area contributed by atoms with Crippen LogP contribution in [0.5, 0.6) is 0 Å². The number of fused-ring (bicyclic) bond motifs is 2. The molecule has 3 aromatic carbocycles. The van der Waals surface area contributed by atoms with Gasteiger partial charge in [-0.2, -0.15) is 0 Å². The number of aryl methyl sites for hydroxylation is 2. The predicted molar refractivity (Wildman–Crippen MR) is 104 cm³/mol. The van der Waals surface area contributed by atoms with Gasteiger partial charge in [-0.1, -0.05) is 48.5 Å². The topological polar surface area (TPSA) is 63.4 Å². The fourth-order valence-electron chi connectivity index (χ4n) is 3.54. The Morgan fingerprint density at radius 3 is 1.89 bits per heavy atom. The summed E-state index contributed by atoms with van der Waals surface area (Å²) in [6.45, 7) is 0. The van der Waals surface area contributed by atoms with Crippen LogP contribution >= 0.6 is 0 Å². The molecule has 0 aromatic heterocycles. The lowest BCUT2D eigenvalue weighted by atomic mass is 10.0. The second-order valence-electron chi connectivity index (χ2n) is 6.59. The second-order valence-corrected chi connectivity index (χ2v) is 6.59. The number of para-hydroxylation sites is 2. The molecule has 4 rings (SSSR count). The van der Waals surface area contributed by atoms with Crippen LogP contribution in [0.15, 0.2) is 72.8 Å². The van der Waals surface area contributed by atoms with Crippen molar-refractivity contribution in [1.29, 1.82) is 0 Å². The summed E-state index contributed by atoms with van der Waals surface area (Å²) in [5.41, 5.74) is 4.89. The van der Waals surface area contributed by atoms with Crippen molar-refractivity contribution in [3.8, 4) is 0 Å². The fraction of sp³-hybridized carbons (Fsp3) is 0.136. The molecule has 1 amide bonds. The van der Waals surface area contributed by atoms with Crippen LogP contribution in [0.4, 0.5) is 17.1 Å². The van der Waals surface area contributed by atoms with Crippen molar-refractivity contribution in [3.63, 3.8) is 0 Å². The van der Waals surface area contributed by atoms with Gasteiger partial charge in [0.2, 0.25) is 5.91 Å². The van der Waals surface area contributed by atoms with Crippen LogP contribution in [-0.2, 0) is 24.1 Å². The molecular weight excluding hydrogens is 340 g/mol. The van der Waals surface area contributed by atoms with Gasteiger partial charge in [0.1, 0.15) is 0 Å². The summed E-state index contributed by atoms with van der Waals surface area (Å²) in [5, 5.41) is 10.8. The number of amides is 1. The Balaban J connectivity index is 1.71. The van der Waals surface area contributed by atoms with E-state index in [1.165, 1.54) is 12.1 Å². The number of benzene rings is 3. The Bertz CT molecular complexity index is 965. The molecule has 0 atom stereocenters. The molecular formula is C22H18N2O3. The van der Waals surface area contributed by atoms with Crippen LogP contribution < -0.4 is 4.90 Å². The van der Waals surface area contributed by atoms with E-state index in [1.807, 2.05) is 36.4 Å². The number of carbonyl (C=O) groups excluding carboxylic acids is 1. The Morgan fingerprint density at radius 1 is 0.852 bits per heavy atom. The summed E-state index contributed by atoms with van der Waals surface area (Å²) >= 11 is 0. The fourth-order valence-corrected chi connectivity index (χ4v) is 3.54. The van der Waals surface area contributed by atoms with Crippen LogP contribution in [0.1, 0.15) is 16.7 Å². The first kappa shape index (κ1) is 17.0. The molecule has 5 heteroatoms. The number of nitro benzene ring substituents is 1. The number of carbonyl (C=O) groups is 1. The maximum absolute atomic E-state index is 13.3. The molecule has 0 spiro atoms. The average Bonchev–Trinajstić information content (AvgIpc) is 2.85. The molecule has 0 saturated heterocycles. The first-order valence-electron chi connectivity index (χ1n) is 8.85. The largest absolute Gasteiger partial charge is 0.280 e. The molecule has 0 radical (unpaired) electrons. The predicted octanol–water partition coefficient (Wildman–Crippen LogP) is 4.60. The molecule has 1 aliphatic rings. The molecule has 0 unspecified atom stereocenters. The van der Waals surface area contributed by atoms with E-state index >= 15 is 0 Å². The minimum atomic E-state index is -0.438. The third kappa shape index (κ3) is 3.31. The van der Waals surface area contributed by atoms with Gasteiger partial charge >= 0.3 is 0 Å². The first-order valence-corrected chi connectivity index (χ1v) is 8.85. The summed E-state index contributed by atoms with van der Waals surface area (Å²) < 4.78 is 0. The Kier molecular flexibility index (Phi) is 4.42. The molecule has 134 valence electrons. The highest BCUT2D eigenvalue weighted by molar-refractivity contribution is 6.03. The molecule has 1 heterocycles. The van der Waals surface area contributed by atoms with E-state index in [2.05, 4.69) is 12.1 Å². The monoisotopic (exact) mass is 358 g/mol. The number of anilines is 2. The number of hydrogen-bond donors (Lipinski definition) is 0. The van der Waals surface area contributed by atoms with Crippen molar-refractivity contribution in [3.05, 3.63) is 99.6 Å². The average molecular weight is 358 g/mol. The van der Waals surface area contributed by atoms with Gasteiger partial charge in [-0.25, -0.2) is 0 Å². The minimum Gasteiger partial charge on any atom is -0.280 e. The molecule has 27 heavy (non-hydrogen) atoms. The molecule has 1 aliphatic heterocycles. The van der Waals surface area contributed by atoms with E-state index in [-0.39, 0.29) is 18.0 Å². The molecule has 0 saturated carbocycles. The second kappa shape index (κ2) is 7.03. The van der Waals surface area contributed by atoms with E-state index in [0.29, 0.717) is 0 Å². The summed E-state index contributed by atoms with van der Waals surface area (Å²) in [7, 11) is 0. The molecule has 0 N–H and O–H groups in total. The highest BCUT2D eigenvalue weighted by Gasteiger charge is 2.25. The maximum atomic E-state index is 13.3. The van der Waals surface area contributed by atoms with E-state index in [0.717, 1.165) is 40.9 Å². The van der Waals surface area contributed by atoms with E-state index in [1.54, 1.807) is 17.0 Å². The zero-order chi connectivity index (χ0) is 18.8. The van der Waals surface area contributed by atoms with Crippen LogP contribution in [0, 0.1) is 10.1 Å². The molecule has 0 fully saturated rings. The molecule has 3 aromatic rings. The highest BCUT2D eigenvalue weighted by Crippen LogP contribution is 2.36. The molecule has 0 aliphatic carbocycles. The van der Waals surface area contributed by atoms with Crippen molar-refractivity contribution >= 4 is 23.0 Å². The van der Waals surface area contributed by atoms with Gasteiger partial charge in [0.15, 0.2) is 0 Å². The van der Waals surface area contributed by atoms with Gasteiger partial charge in [-0.15, -0.1) is 0 Å². The van der Waals surface area contributed by atoms with Gasteiger partial charge in [0, 0.05) is 12.1 Å². The zero-order valence-electron chi connectivity index (χ0n) is 14.7. The van der Waals surface area contributed by atoms with Gasteiger partial charge in [-0.05, 0) is 41.7 Å². The smallest absolute Gasteiger partial charge is 0.269 e. The number of nitro groups is 1. The summed E-state index contributed by atoms with van der Waals surface area (Å²) in [4.78, 5) is 25.4. The quantitative estimate of drug-likeness (QED) is 0.508. The third-order valence-electron chi connectivity index (χ3n) is 4.88. The van der Waals surface area contributed by atoms with Crippen LogP contribution in [-0.4, -0.2) is 10.8 Å². The van der Waals surface area contributed by atoms with Gasteiger partial charge in [0.05, 0.1) is 22.7 Å². The number of nitrogens with zero attached hydrogens (tertiary/aromatic N) is 2. The zero-order valence-corrected chi connectivity index (χ0v) is 14.7. The normalized spacial score (nSPS) is 12.7. The van der Waals surface area contributed by atoms with Gasteiger partial charge < -0.3 is 0 Å². The molecule has 5 nitrogen and oxygen atoms in total. The number of non-ortho nitro benzene ring substituents is 1. The van der Waals surface area contributed by atoms with E-state index < -0.39 is 4.92 Å². The molecule has 0 bridgehead atoms. The SMILES string of the molecule is O=C(Cc1ccc([N+](=O)[O-])cc1)N1c2ccccc2CCc2ccccc21. The maximum Gasteiger partial charge on any atom is 0.269 e. The minimum absolute atomic E-state index is 0.0247. The summed E-state index contributed by atoms with van der Waals surface area (Å²) in [6.07, 6.45) is 1.95. The lowest BCUT2D eigenvalue weighted by Gasteiger charge is -2.25. The standard InChI is InChI=1S/C22H18N2O3/c25-22(15-16-9-13-19(14-10-16)24(26)27)23-20-7-3-1-5-17(20)11-12-18-6-2-4-8-21(18)23/h1-10,13-14H,11-12,15H2. The number of rotatable bonds is 3. The third-order valence-corrected chi connectivity index (χ3v) is 4.88. The van der Waals surface area contributed by atoms with Crippen LogP contribution in [0.2, 0.25) is 0 Å². The number of hydrogen-bond acceptors (Lipinski definition) is 3. The first-order chi connectivity index (χ1) is 13.1. The van der Waals surface area contributed by atoms with Gasteiger partial charge in [-0.3, -0.25) is 19.8 Å². The van der Waals surface area contributed by atoms with Crippen LogP contribution in [0.3, 0.4) is 0 Å². The van der Waals surface area contributed by atoms with Crippen molar-refractivity contribution in [2.75, 3.05) is 4.90 Å². The lowest BCUT2D eigenvalue weighted by Crippen LogP contribution is -2.28.